The van der Waals surface area contributed by atoms with E-state index in [0.717, 1.165) is 25.0 Å². The number of benzene rings is 1. The molecule has 6 heteroatoms. The van der Waals surface area contributed by atoms with E-state index in [9.17, 15) is 13.6 Å². The molecular formula is C16H20F2N2O2. The highest BCUT2D eigenvalue weighted by molar-refractivity contribution is 6.00. The topological polar surface area (TPSA) is 64.3 Å². The minimum atomic E-state index is -1.08. The number of anilines is 1. The van der Waals surface area contributed by atoms with Crippen molar-refractivity contribution >= 4 is 11.6 Å². The van der Waals surface area contributed by atoms with Gasteiger partial charge in [-0.3, -0.25) is 4.79 Å². The molecule has 0 bridgehead atoms. The van der Waals surface area contributed by atoms with Crippen LogP contribution in [0.1, 0.15) is 26.7 Å². The van der Waals surface area contributed by atoms with Crippen molar-refractivity contribution in [1.29, 1.82) is 0 Å². The summed E-state index contributed by atoms with van der Waals surface area (Å²) in [4.78, 5) is 12.7. The van der Waals surface area contributed by atoms with Gasteiger partial charge in [-0.15, -0.1) is 0 Å². The van der Waals surface area contributed by atoms with E-state index in [0.29, 0.717) is 6.61 Å². The minimum absolute atomic E-state index is 0.0399. The average molecular weight is 310 g/mol. The summed E-state index contributed by atoms with van der Waals surface area (Å²) in [6.45, 7) is 4.50. The van der Waals surface area contributed by atoms with E-state index >= 15 is 0 Å². The number of carbonyl (C=O) groups is 1. The van der Waals surface area contributed by atoms with E-state index in [2.05, 4.69) is 5.32 Å². The second-order valence-electron chi connectivity index (χ2n) is 6.71. The minimum Gasteiger partial charge on any atom is -0.377 e. The summed E-state index contributed by atoms with van der Waals surface area (Å²) in [6.07, 6.45) is 1.66. The van der Waals surface area contributed by atoms with Crippen molar-refractivity contribution in [1.82, 2.24) is 0 Å². The van der Waals surface area contributed by atoms with Crippen LogP contribution in [-0.2, 0) is 9.53 Å². The molecular weight excluding hydrogens is 290 g/mol. The number of rotatable bonds is 2. The van der Waals surface area contributed by atoms with E-state index in [4.69, 9.17) is 10.5 Å². The standard InChI is InChI=1S/C16H20F2N2O2/c1-15(2)13-10(4-3-7-22-13)16(15,19)14(21)20-9-5-6-11(17)12(18)8-9/h5-6,8,10,13H,3-4,7,19H2,1-2H3,(H,20,21). The maximum absolute atomic E-state index is 13.3. The van der Waals surface area contributed by atoms with Crippen LogP contribution in [0.3, 0.4) is 0 Å². The molecule has 0 radical (unpaired) electrons. The first-order chi connectivity index (χ1) is 10.3. The fourth-order valence-electron chi connectivity index (χ4n) is 3.85. The summed E-state index contributed by atoms with van der Waals surface area (Å²) >= 11 is 0. The number of fused-ring (bicyclic) bond motifs is 1. The maximum atomic E-state index is 13.3. The van der Waals surface area contributed by atoms with Crippen LogP contribution in [0.15, 0.2) is 18.2 Å². The molecule has 2 fully saturated rings. The molecule has 3 N–H and O–H groups in total. The third-order valence-corrected chi connectivity index (χ3v) is 5.24. The lowest BCUT2D eigenvalue weighted by Crippen LogP contribution is -2.81. The molecule has 1 aromatic carbocycles. The second kappa shape index (κ2) is 4.99. The van der Waals surface area contributed by atoms with Crippen molar-refractivity contribution in [3.05, 3.63) is 29.8 Å². The van der Waals surface area contributed by atoms with E-state index < -0.39 is 22.6 Å². The van der Waals surface area contributed by atoms with Gasteiger partial charge < -0.3 is 15.8 Å². The summed E-state index contributed by atoms with van der Waals surface area (Å²) < 4.78 is 32.0. The maximum Gasteiger partial charge on any atom is 0.245 e. The zero-order chi connectivity index (χ0) is 16.1. The molecule has 120 valence electrons. The number of hydrogen-bond acceptors (Lipinski definition) is 3. The zero-order valence-electron chi connectivity index (χ0n) is 12.7. The highest BCUT2D eigenvalue weighted by Crippen LogP contribution is 2.57. The Bertz CT molecular complexity index is 620. The van der Waals surface area contributed by atoms with Crippen LogP contribution in [0.4, 0.5) is 14.5 Å². The fourth-order valence-corrected chi connectivity index (χ4v) is 3.85. The van der Waals surface area contributed by atoms with Crippen LogP contribution in [0.25, 0.3) is 0 Å². The van der Waals surface area contributed by atoms with Gasteiger partial charge in [0.05, 0.1) is 6.10 Å². The van der Waals surface area contributed by atoms with Gasteiger partial charge >= 0.3 is 0 Å². The molecule has 2 aliphatic rings. The van der Waals surface area contributed by atoms with E-state index in [1.165, 1.54) is 6.07 Å². The van der Waals surface area contributed by atoms with Crippen LogP contribution >= 0.6 is 0 Å². The van der Waals surface area contributed by atoms with Crippen molar-refractivity contribution in [2.24, 2.45) is 17.1 Å². The lowest BCUT2D eigenvalue weighted by atomic mass is 9.46. The van der Waals surface area contributed by atoms with Gasteiger partial charge in [-0.1, -0.05) is 13.8 Å². The summed E-state index contributed by atoms with van der Waals surface area (Å²) in [7, 11) is 0. The van der Waals surface area contributed by atoms with Gasteiger partial charge in [-0.2, -0.15) is 0 Å². The van der Waals surface area contributed by atoms with Crippen LogP contribution in [-0.4, -0.2) is 24.2 Å². The van der Waals surface area contributed by atoms with Gasteiger partial charge in [0.25, 0.3) is 0 Å². The van der Waals surface area contributed by atoms with Crippen LogP contribution in [0, 0.1) is 23.0 Å². The van der Waals surface area contributed by atoms with Gasteiger partial charge in [-0.05, 0) is 25.0 Å². The number of carbonyl (C=O) groups excluding carboxylic acids is 1. The first kappa shape index (κ1) is 15.4. The van der Waals surface area contributed by atoms with Crippen molar-refractivity contribution in [2.45, 2.75) is 38.3 Å². The Kier molecular flexibility index (Phi) is 3.49. The Morgan fingerprint density at radius 3 is 2.77 bits per heavy atom. The number of ether oxygens (including phenoxy) is 1. The van der Waals surface area contributed by atoms with Crippen molar-refractivity contribution in [3.63, 3.8) is 0 Å². The molecule has 1 amide bonds. The number of halogens is 2. The smallest absolute Gasteiger partial charge is 0.245 e. The number of amides is 1. The number of hydrogen-bond donors (Lipinski definition) is 2. The Hall–Kier alpha value is -1.53. The molecule has 22 heavy (non-hydrogen) atoms. The molecule has 0 aromatic heterocycles. The van der Waals surface area contributed by atoms with Crippen molar-refractivity contribution < 1.29 is 18.3 Å². The Morgan fingerprint density at radius 1 is 1.36 bits per heavy atom. The molecule has 1 aliphatic heterocycles. The third-order valence-electron chi connectivity index (χ3n) is 5.24. The molecule has 3 atom stereocenters. The highest BCUT2D eigenvalue weighted by Gasteiger charge is 2.70. The van der Waals surface area contributed by atoms with Crippen molar-refractivity contribution in [3.8, 4) is 0 Å². The van der Waals surface area contributed by atoms with E-state index in [1.807, 2.05) is 13.8 Å². The van der Waals surface area contributed by atoms with Gasteiger partial charge in [0.2, 0.25) is 5.91 Å². The molecule has 3 rings (SSSR count). The lowest BCUT2D eigenvalue weighted by molar-refractivity contribution is -0.222. The first-order valence-corrected chi connectivity index (χ1v) is 7.45. The van der Waals surface area contributed by atoms with Gasteiger partial charge in [-0.25, -0.2) is 8.78 Å². The molecule has 0 spiro atoms. The first-order valence-electron chi connectivity index (χ1n) is 7.45. The van der Waals surface area contributed by atoms with Crippen LogP contribution in [0.5, 0.6) is 0 Å². The van der Waals surface area contributed by atoms with Gasteiger partial charge in [0.15, 0.2) is 11.6 Å². The average Bonchev–Trinajstić information content (AvgIpc) is 2.50. The number of nitrogens with one attached hydrogen (secondary N) is 1. The number of nitrogens with two attached hydrogens (primary N) is 1. The fraction of sp³-hybridized carbons (Fsp3) is 0.562. The monoisotopic (exact) mass is 310 g/mol. The summed E-state index contributed by atoms with van der Waals surface area (Å²) in [6, 6.07) is 3.25. The lowest BCUT2D eigenvalue weighted by Gasteiger charge is -2.65. The second-order valence-corrected chi connectivity index (χ2v) is 6.71. The third kappa shape index (κ3) is 1.97. The molecule has 1 aliphatic carbocycles. The zero-order valence-corrected chi connectivity index (χ0v) is 12.7. The molecule has 4 nitrogen and oxygen atoms in total. The summed E-state index contributed by atoms with van der Waals surface area (Å²) in [5, 5.41) is 2.61. The molecule has 1 saturated heterocycles. The van der Waals surface area contributed by atoms with Gasteiger partial charge in [0, 0.05) is 29.7 Å². The quantitative estimate of drug-likeness (QED) is 0.882. The van der Waals surface area contributed by atoms with E-state index in [1.54, 1.807) is 0 Å². The Morgan fingerprint density at radius 2 is 2.09 bits per heavy atom. The predicted molar refractivity (Wildman–Crippen MR) is 78.2 cm³/mol. The SMILES string of the molecule is CC1(C)C2OCCCC2C1(N)C(=O)Nc1ccc(F)c(F)c1. The summed E-state index contributed by atoms with van der Waals surface area (Å²) in [5.41, 5.74) is 5.04. The highest BCUT2D eigenvalue weighted by atomic mass is 19.2. The Labute approximate surface area is 128 Å². The van der Waals surface area contributed by atoms with Crippen LogP contribution < -0.4 is 11.1 Å². The van der Waals surface area contributed by atoms with E-state index in [-0.39, 0.29) is 23.6 Å². The molecule has 1 heterocycles. The summed E-state index contributed by atoms with van der Waals surface area (Å²) in [5.74, 6) is -2.39. The molecule has 3 unspecified atom stereocenters. The molecule has 1 saturated carbocycles. The van der Waals surface area contributed by atoms with Crippen molar-refractivity contribution in [2.75, 3.05) is 11.9 Å². The normalized spacial score (nSPS) is 32.8. The van der Waals surface area contributed by atoms with Gasteiger partial charge in [0.1, 0.15) is 5.54 Å². The molecule has 1 aromatic rings. The van der Waals surface area contributed by atoms with Crippen LogP contribution in [0.2, 0.25) is 0 Å². The predicted octanol–water partition coefficient (Wildman–Crippen LogP) is 2.44. The Balaban J connectivity index is 1.83. The largest absolute Gasteiger partial charge is 0.377 e.